The van der Waals surface area contributed by atoms with Crippen LogP contribution in [0.4, 0.5) is 0 Å². The van der Waals surface area contributed by atoms with Crippen molar-refractivity contribution in [2.24, 2.45) is 0 Å². The van der Waals surface area contributed by atoms with E-state index in [2.05, 4.69) is 63.9 Å². The largest absolute Gasteiger partial charge is 0.487 e. The molecular formula is C26H23N5O. The fraction of sp³-hybridized carbons (Fsp3) is 0.154. The molecule has 0 amide bonds. The van der Waals surface area contributed by atoms with Gasteiger partial charge in [-0.05, 0) is 64.2 Å². The molecule has 3 aromatic carbocycles. The van der Waals surface area contributed by atoms with Gasteiger partial charge in [0, 0.05) is 10.9 Å². The van der Waals surface area contributed by atoms with Gasteiger partial charge in [0.05, 0.1) is 11.2 Å². The second-order valence-electron chi connectivity index (χ2n) is 7.91. The lowest BCUT2D eigenvalue weighted by molar-refractivity contribution is 0.301. The summed E-state index contributed by atoms with van der Waals surface area (Å²) in [5, 5.41) is 15.3. The van der Waals surface area contributed by atoms with Gasteiger partial charge in [-0.15, -0.1) is 5.10 Å². The van der Waals surface area contributed by atoms with Crippen LogP contribution in [0, 0.1) is 0 Å². The molecule has 0 aliphatic heterocycles. The van der Waals surface area contributed by atoms with Gasteiger partial charge in [-0.2, -0.15) is 0 Å². The molecule has 0 aliphatic carbocycles. The summed E-state index contributed by atoms with van der Waals surface area (Å²) >= 11 is 0. The van der Waals surface area contributed by atoms with E-state index in [0.29, 0.717) is 18.3 Å². The van der Waals surface area contributed by atoms with Crippen LogP contribution >= 0.6 is 0 Å². The molecule has 1 atom stereocenters. The van der Waals surface area contributed by atoms with Crippen molar-refractivity contribution in [3.05, 3.63) is 102 Å². The molecule has 0 saturated carbocycles. The molecule has 0 saturated heterocycles. The molecule has 6 heteroatoms. The first-order valence-electron chi connectivity index (χ1n) is 10.6. The van der Waals surface area contributed by atoms with Gasteiger partial charge in [-0.25, -0.2) is 10.1 Å². The zero-order valence-corrected chi connectivity index (χ0v) is 17.8. The van der Waals surface area contributed by atoms with Gasteiger partial charge < -0.3 is 4.74 Å². The SMILES string of the molecule is CC(Cc1cccc(-c2nnn[nH]2)c1)c1cccc(OCc2ccc3ccccc3n2)c1. The predicted molar refractivity (Wildman–Crippen MR) is 124 cm³/mol. The van der Waals surface area contributed by atoms with Gasteiger partial charge in [-0.3, -0.25) is 0 Å². The van der Waals surface area contributed by atoms with Gasteiger partial charge in [0.2, 0.25) is 0 Å². The lowest BCUT2D eigenvalue weighted by atomic mass is 9.93. The minimum atomic E-state index is 0.334. The molecule has 32 heavy (non-hydrogen) atoms. The number of para-hydroxylation sites is 1. The summed E-state index contributed by atoms with van der Waals surface area (Å²) in [7, 11) is 0. The van der Waals surface area contributed by atoms with Crippen LogP contribution in [0.3, 0.4) is 0 Å². The van der Waals surface area contributed by atoms with E-state index in [4.69, 9.17) is 9.72 Å². The number of ether oxygens (including phenoxy) is 1. The number of fused-ring (bicyclic) bond motifs is 1. The zero-order valence-electron chi connectivity index (χ0n) is 17.8. The Morgan fingerprint density at radius 1 is 0.906 bits per heavy atom. The molecule has 0 radical (unpaired) electrons. The number of hydrogen-bond acceptors (Lipinski definition) is 5. The first-order chi connectivity index (χ1) is 15.7. The minimum absolute atomic E-state index is 0.334. The van der Waals surface area contributed by atoms with E-state index < -0.39 is 0 Å². The molecule has 0 fully saturated rings. The van der Waals surface area contributed by atoms with Crippen molar-refractivity contribution in [1.82, 2.24) is 25.6 Å². The fourth-order valence-corrected chi connectivity index (χ4v) is 3.86. The summed E-state index contributed by atoms with van der Waals surface area (Å²) in [5.41, 5.74) is 5.36. The molecule has 1 N–H and O–H groups in total. The quantitative estimate of drug-likeness (QED) is 0.384. The molecule has 0 spiro atoms. The van der Waals surface area contributed by atoms with E-state index in [1.54, 1.807) is 0 Å². The highest BCUT2D eigenvalue weighted by Crippen LogP contribution is 2.26. The third-order valence-electron chi connectivity index (χ3n) is 5.56. The number of H-pyrrole nitrogens is 1. The summed E-state index contributed by atoms with van der Waals surface area (Å²) in [6.07, 6.45) is 0.908. The fourth-order valence-electron chi connectivity index (χ4n) is 3.86. The Morgan fingerprint density at radius 2 is 1.81 bits per heavy atom. The highest BCUT2D eigenvalue weighted by Gasteiger charge is 2.10. The van der Waals surface area contributed by atoms with E-state index in [1.165, 1.54) is 11.1 Å². The molecular weight excluding hydrogens is 398 g/mol. The Balaban J connectivity index is 1.26. The molecule has 1 unspecified atom stereocenters. The maximum atomic E-state index is 6.06. The van der Waals surface area contributed by atoms with E-state index in [0.717, 1.165) is 34.3 Å². The predicted octanol–water partition coefficient (Wildman–Crippen LogP) is 5.34. The van der Waals surface area contributed by atoms with Crippen molar-refractivity contribution in [2.45, 2.75) is 25.9 Å². The highest BCUT2D eigenvalue weighted by molar-refractivity contribution is 5.78. The maximum absolute atomic E-state index is 6.06. The van der Waals surface area contributed by atoms with Crippen LogP contribution < -0.4 is 4.74 Å². The number of nitrogens with one attached hydrogen (secondary N) is 1. The lowest BCUT2D eigenvalue weighted by Crippen LogP contribution is -2.01. The molecule has 158 valence electrons. The van der Waals surface area contributed by atoms with Crippen molar-refractivity contribution in [2.75, 3.05) is 0 Å². The Bertz CT molecular complexity index is 1330. The number of aromatic amines is 1. The van der Waals surface area contributed by atoms with Crippen molar-refractivity contribution in [1.29, 1.82) is 0 Å². The lowest BCUT2D eigenvalue weighted by Gasteiger charge is -2.14. The number of aromatic nitrogens is 5. The van der Waals surface area contributed by atoms with Crippen LogP contribution in [0.25, 0.3) is 22.3 Å². The normalized spacial score (nSPS) is 12.0. The van der Waals surface area contributed by atoms with Crippen molar-refractivity contribution < 1.29 is 4.74 Å². The van der Waals surface area contributed by atoms with E-state index >= 15 is 0 Å². The van der Waals surface area contributed by atoms with Crippen LogP contribution in [-0.2, 0) is 13.0 Å². The second-order valence-corrected chi connectivity index (χ2v) is 7.91. The number of nitrogens with zero attached hydrogens (tertiary/aromatic N) is 4. The average Bonchev–Trinajstić information content (AvgIpc) is 3.38. The van der Waals surface area contributed by atoms with Crippen molar-refractivity contribution in [3.63, 3.8) is 0 Å². The molecule has 0 bridgehead atoms. The third kappa shape index (κ3) is 4.49. The van der Waals surface area contributed by atoms with E-state index in [1.807, 2.05) is 48.5 Å². The summed E-state index contributed by atoms with van der Waals surface area (Å²) < 4.78 is 6.06. The summed E-state index contributed by atoms with van der Waals surface area (Å²) in [6, 6.07) is 28.8. The van der Waals surface area contributed by atoms with Gasteiger partial charge in [0.15, 0.2) is 5.82 Å². The molecule has 2 aromatic heterocycles. The molecule has 5 rings (SSSR count). The topological polar surface area (TPSA) is 76.6 Å². The second kappa shape index (κ2) is 8.98. The molecule has 0 aliphatic rings. The number of hydrogen-bond donors (Lipinski definition) is 1. The summed E-state index contributed by atoms with van der Waals surface area (Å²) in [5.74, 6) is 1.86. The molecule has 2 heterocycles. The smallest absolute Gasteiger partial charge is 0.179 e. The van der Waals surface area contributed by atoms with Crippen molar-refractivity contribution >= 4 is 10.9 Å². The number of pyridine rings is 1. The van der Waals surface area contributed by atoms with Gasteiger partial charge >= 0.3 is 0 Å². The Morgan fingerprint density at radius 3 is 2.72 bits per heavy atom. The number of tetrazole rings is 1. The van der Waals surface area contributed by atoms with Crippen LogP contribution in [0.2, 0.25) is 0 Å². The van der Waals surface area contributed by atoms with Crippen LogP contribution in [0.1, 0.15) is 29.7 Å². The zero-order chi connectivity index (χ0) is 21.8. The van der Waals surface area contributed by atoms with Crippen LogP contribution in [0.5, 0.6) is 5.75 Å². The molecule has 6 nitrogen and oxygen atoms in total. The third-order valence-corrected chi connectivity index (χ3v) is 5.56. The monoisotopic (exact) mass is 421 g/mol. The van der Waals surface area contributed by atoms with Crippen LogP contribution in [0.15, 0.2) is 84.9 Å². The van der Waals surface area contributed by atoms with E-state index in [-0.39, 0.29) is 0 Å². The summed E-state index contributed by atoms with van der Waals surface area (Å²) in [6.45, 7) is 2.67. The van der Waals surface area contributed by atoms with E-state index in [9.17, 15) is 0 Å². The van der Waals surface area contributed by atoms with Gasteiger partial charge in [0.25, 0.3) is 0 Å². The maximum Gasteiger partial charge on any atom is 0.179 e. The van der Waals surface area contributed by atoms with Gasteiger partial charge in [-0.1, -0.05) is 61.5 Å². The van der Waals surface area contributed by atoms with Crippen molar-refractivity contribution in [3.8, 4) is 17.1 Å². The number of rotatable bonds is 7. The Hall–Kier alpha value is -4.06. The standard InChI is InChI=1S/C26H23N5O/c1-18(14-19-6-4-9-22(15-19)26-28-30-31-29-26)21-8-5-10-24(16-21)32-17-23-13-12-20-7-2-3-11-25(20)27-23/h2-13,15-16,18H,14,17H2,1H3,(H,28,29,30,31). The highest BCUT2D eigenvalue weighted by atomic mass is 16.5. The number of benzene rings is 3. The Kier molecular flexibility index (Phi) is 5.58. The summed E-state index contributed by atoms with van der Waals surface area (Å²) in [4.78, 5) is 4.69. The van der Waals surface area contributed by atoms with Gasteiger partial charge in [0.1, 0.15) is 12.4 Å². The van der Waals surface area contributed by atoms with Crippen LogP contribution in [-0.4, -0.2) is 25.6 Å². The average molecular weight is 422 g/mol. The first-order valence-corrected chi connectivity index (χ1v) is 10.6. The minimum Gasteiger partial charge on any atom is -0.487 e. The molecule has 5 aromatic rings. The first kappa shape index (κ1) is 19.9. The Labute approximate surface area is 186 Å².